The Morgan fingerprint density at radius 3 is 2.52 bits per heavy atom. The lowest BCUT2D eigenvalue weighted by atomic mass is 10.1. The molecular weight excluding hydrogens is 385 g/mol. The lowest BCUT2D eigenvalue weighted by Crippen LogP contribution is -2.36. The Bertz CT molecular complexity index is 926. The molecular formula is C20H19F3N4O2. The molecule has 0 saturated heterocycles. The standard InChI is InChI=1S/C20H19F3N4O2/c21-20(22,23)29-18-7-5-15(6-8-18)9-11-24-19(28)25-14-16-3-1-4-17(13-16)27-12-2-10-26-27/h1-8,10,12-13H,9,11,14H2,(H2,24,25,28). The fraction of sp³-hybridized carbons (Fsp3) is 0.200. The number of nitrogens with zero attached hydrogens (tertiary/aromatic N) is 2. The average molecular weight is 404 g/mol. The second-order valence-corrected chi connectivity index (χ2v) is 6.17. The molecule has 2 aromatic carbocycles. The molecule has 1 aromatic heterocycles. The molecule has 0 saturated carbocycles. The van der Waals surface area contributed by atoms with Crippen molar-refractivity contribution in [2.75, 3.05) is 6.54 Å². The Labute approximate surface area is 165 Å². The molecule has 2 amide bonds. The van der Waals surface area contributed by atoms with Crippen molar-refractivity contribution >= 4 is 6.03 Å². The number of nitrogens with one attached hydrogen (secondary N) is 2. The van der Waals surface area contributed by atoms with Crippen LogP contribution in [0.15, 0.2) is 67.0 Å². The summed E-state index contributed by atoms with van der Waals surface area (Å²) in [4.78, 5) is 11.9. The second-order valence-electron chi connectivity index (χ2n) is 6.17. The van der Waals surface area contributed by atoms with Crippen LogP contribution in [0, 0.1) is 0 Å². The molecule has 0 unspecified atom stereocenters. The van der Waals surface area contributed by atoms with Crippen LogP contribution in [0.5, 0.6) is 5.75 Å². The van der Waals surface area contributed by atoms with Gasteiger partial charge in [-0.05, 0) is 47.9 Å². The summed E-state index contributed by atoms with van der Waals surface area (Å²) in [5.74, 6) is -0.274. The van der Waals surface area contributed by atoms with Crippen LogP contribution in [0.3, 0.4) is 0 Å². The highest BCUT2D eigenvalue weighted by Crippen LogP contribution is 2.22. The van der Waals surface area contributed by atoms with Gasteiger partial charge >= 0.3 is 12.4 Å². The van der Waals surface area contributed by atoms with Crippen molar-refractivity contribution in [1.82, 2.24) is 20.4 Å². The van der Waals surface area contributed by atoms with Gasteiger partial charge in [0.05, 0.1) is 5.69 Å². The van der Waals surface area contributed by atoms with E-state index in [0.29, 0.717) is 19.5 Å². The third kappa shape index (κ3) is 6.56. The molecule has 0 bridgehead atoms. The van der Waals surface area contributed by atoms with Gasteiger partial charge in [0.15, 0.2) is 0 Å². The summed E-state index contributed by atoms with van der Waals surface area (Å²) in [5, 5.41) is 9.65. The van der Waals surface area contributed by atoms with E-state index in [0.717, 1.165) is 16.8 Å². The zero-order chi connectivity index (χ0) is 20.7. The van der Waals surface area contributed by atoms with E-state index >= 15 is 0 Å². The van der Waals surface area contributed by atoms with Crippen LogP contribution < -0.4 is 15.4 Å². The van der Waals surface area contributed by atoms with Crippen LogP contribution >= 0.6 is 0 Å². The number of rotatable bonds is 7. The predicted octanol–water partition coefficient (Wildman–Crippen LogP) is 3.81. The number of aromatic nitrogens is 2. The number of carbonyl (C=O) groups is 1. The van der Waals surface area contributed by atoms with Crippen LogP contribution in [-0.4, -0.2) is 28.7 Å². The highest BCUT2D eigenvalue weighted by Gasteiger charge is 2.30. The molecule has 6 nitrogen and oxygen atoms in total. The van der Waals surface area contributed by atoms with Gasteiger partial charge in [0, 0.05) is 25.5 Å². The number of halogens is 3. The third-order valence-corrected chi connectivity index (χ3v) is 3.99. The molecule has 2 N–H and O–H groups in total. The molecule has 0 aliphatic rings. The van der Waals surface area contributed by atoms with Crippen molar-refractivity contribution in [2.45, 2.75) is 19.3 Å². The van der Waals surface area contributed by atoms with E-state index in [1.54, 1.807) is 10.9 Å². The van der Waals surface area contributed by atoms with Gasteiger partial charge in [-0.25, -0.2) is 9.48 Å². The Balaban J connectivity index is 1.41. The molecule has 3 aromatic rings. The molecule has 0 aliphatic carbocycles. The van der Waals surface area contributed by atoms with E-state index in [1.807, 2.05) is 36.5 Å². The van der Waals surface area contributed by atoms with Crippen molar-refractivity contribution in [1.29, 1.82) is 0 Å². The Morgan fingerprint density at radius 1 is 1.03 bits per heavy atom. The molecule has 0 fully saturated rings. The van der Waals surface area contributed by atoms with E-state index in [4.69, 9.17) is 0 Å². The number of alkyl halides is 3. The quantitative estimate of drug-likeness (QED) is 0.629. The smallest absolute Gasteiger partial charge is 0.406 e. The van der Waals surface area contributed by atoms with Crippen LogP contribution in [0.2, 0.25) is 0 Å². The maximum atomic E-state index is 12.1. The van der Waals surface area contributed by atoms with Crippen molar-refractivity contribution in [3.05, 3.63) is 78.1 Å². The van der Waals surface area contributed by atoms with Crippen molar-refractivity contribution < 1.29 is 22.7 Å². The number of hydrogen-bond acceptors (Lipinski definition) is 3. The number of urea groups is 1. The summed E-state index contributed by atoms with van der Waals surface area (Å²) in [5.41, 5.74) is 2.60. The minimum atomic E-state index is -4.71. The van der Waals surface area contributed by atoms with Gasteiger partial charge in [-0.15, -0.1) is 13.2 Å². The van der Waals surface area contributed by atoms with Crippen molar-refractivity contribution in [3.8, 4) is 11.4 Å². The number of amides is 2. The van der Waals surface area contributed by atoms with Gasteiger partial charge < -0.3 is 15.4 Å². The molecule has 0 atom stereocenters. The second kappa shape index (κ2) is 9.13. The predicted molar refractivity (Wildman–Crippen MR) is 101 cm³/mol. The molecule has 3 rings (SSSR count). The topological polar surface area (TPSA) is 68.2 Å². The van der Waals surface area contributed by atoms with E-state index in [2.05, 4.69) is 20.5 Å². The van der Waals surface area contributed by atoms with Gasteiger partial charge in [-0.1, -0.05) is 24.3 Å². The fourth-order valence-electron chi connectivity index (χ4n) is 2.65. The van der Waals surface area contributed by atoms with E-state index in [-0.39, 0.29) is 11.8 Å². The maximum absolute atomic E-state index is 12.1. The summed E-state index contributed by atoms with van der Waals surface area (Å²) in [6, 6.07) is 14.7. The minimum Gasteiger partial charge on any atom is -0.406 e. The average Bonchev–Trinajstić information content (AvgIpc) is 3.22. The molecule has 9 heteroatoms. The van der Waals surface area contributed by atoms with Gasteiger partial charge in [-0.3, -0.25) is 0 Å². The monoisotopic (exact) mass is 404 g/mol. The SMILES string of the molecule is O=C(NCCc1ccc(OC(F)(F)F)cc1)NCc1cccc(-n2cccn2)c1. The normalized spacial score (nSPS) is 11.1. The summed E-state index contributed by atoms with van der Waals surface area (Å²) in [6.07, 6.45) is -0.705. The first-order valence-electron chi connectivity index (χ1n) is 8.84. The van der Waals surface area contributed by atoms with Crippen LogP contribution in [0.25, 0.3) is 5.69 Å². The molecule has 29 heavy (non-hydrogen) atoms. The third-order valence-electron chi connectivity index (χ3n) is 3.99. The molecule has 1 heterocycles. The molecule has 152 valence electrons. The first kappa shape index (κ1) is 20.2. The Kier molecular flexibility index (Phi) is 6.38. The molecule has 0 radical (unpaired) electrons. The number of hydrogen-bond donors (Lipinski definition) is 2. The van der Waals surface area contributed by atoms with Gasteiger partial charge in [0.25, 0.3) is 0 Å². The van der Waals surface area contributed by atoms with Crippen molar-refractivity contribution in [3.63, 3.8) is 0 Å². The number of ether oxygens (including phenoxy) is 1. The fourth-order valence-corrected chi connectivity index (χ4v) is 2.65. The lowest BCUT2D eigenvalue weighted by Gasteiger charge is -2.10. The number of carbonyl (C=O) groups excluding carboxylic acids is 1. The Morgan fingerprint density at radius 2 is 1.83 bits per heavy atom. The lowest BCUT2D eigenvalue weighted by molar-refractivity contribution is -0.274. The largest absolute Gasteiger partial charge is 0.573 e. The summed E-state index contributed by atoms with van der Waals surface area (Å²) >= 11 is 0. The summed E-state index contributed by atoms with van der Waals surface area (Å²) in [6.45, 7) is 0.697. The highest BCUT2D eigenvalue weighted by atomic mass is 19.4. The van der Waals surface area contributed by atoms with E-state index in [9.17, 15) is 18.0 Å². The first-order valence-corrected chi connectivity index (χ1v) is 8.84. The van der Waals surface area contributed by atoms with Crippen LogP contribution in [0.4, 0.5) is 18.0 Å². The van der Waals surface area contributed by atoms with Crippen molar-refractivity contribution in [2.24, 2.45) is 0 Å². The number of benzene rings is 2. The minimum absolute atomic E-state index is 0.274. The summed E-state index contributed by atoms with van der Waals surface area (Å²) in [7, 11) is 0. The Hall–Kier alpha value is -3.49. The first-order chi connectivity index (χ1) is 13.9. The van der Waals surface area contributed by atoms with Crippen LogP contribution in [-0.2, 0) is 13.0 Å². The molecule has 0 spiro atoms. The zero-order valence-corrected chi connectivity index (χ0v) is 15.3. The van der Waals surface area contributed by atoms with E-state index < -0.39 is 6.36 Å². The molecule has 0 aliphatic heterocycles. The van der Waals surface area contributed by atoms with Gasteiger partial charge in [-0.2, -0.15) is 5.10 Å². The maximum Gasteiger partial charge on any atom is 0.573 e. The van der Waals surface area contributed by atoms with Gasteiger partial charge in [0.2, 0.25) is 0 Å². The zero-order valence-electron chi connectivity index (χ0n) is 15.3. The van der Waals surface area contributed by atoms with Crippen LogP contribution in [0.1, 0.15) is 11.1 Å². The van der Waals surface area contributed by atoms with Gasteiger partial charge in [0.1, 0.15) is 5.75 Å². The summed E-state index contributed by atoms with van der Waals surface area (Å²) < 4.78 is 42.0. The highest BCUT2D eigenvalue weighted by molar-refractivity contribution is 5.73. The van der Waals surface area contributed by atoms with E-state index in [1.165, 1.54) is 24.3 Å².